The molecule has 5 heteroatoms. The van der Waals surface area contributed by atoms with Crippen molar-refractivity contribution in [2.45, 2.75) is 56.5 Å². The minimum Gasteiger partial charge on any atom is -0.353 e. The number of hydrogen-bond donors (Lipinski definition) is 1. The van der Waals surface area contributed by atoms with Crippen LogP contribution < -0.4 is 5.32 Å². The fourth-order valence-electron chi connectivity index (χ4n) is 3.00. The summed E-state index contributed by atoms with van der Waals surface area (Å²) in [5.74, 6) is 0.905. The van der Waals surface area contributed by atoms with Crippen LogP contribution in [-0.2, 0) is 4.79 Å². The van der Waals surface area contributed by atoms with Crippen molar-refractivity contribution in [1.82, 2.24) is 15.3 Å². The van der Waals surface area contributed by atoms with Crippen LogP contribution in [-0.4, -0.2) is 27.7 Å². The average molecular weight is 329 g/mol. The smallest absolute Gasteiger partial charge is 0.221 e. The average Bonchev–Trinajstić information content (AvgIpc) is 2.56. The summed E-state index contributed by atoms with van der Waals surface area (Å²) in [6, 6.07) is 8.28. The first kappa shape index (κ1) is 16.2. The summed E-state index contributed by atoms with van der Waals surface area (Å²) >= 11 is 1.62. The van der Waals surface area contributed by atoms with Crippen molar-refractivity contribution in [3.63, 3.8) is 0 Å². The molecule has 0 bridgehead atoms. The highest BCUT2D eigenvalue weighted by molar-refractivity contribution is 7.99. The molecule has 4 nitrogen and oxygen atoms in total. The van der Waals surface area contributed by atoms with Crippen LogP contribution in [0.15, 0.2) is 29.3 Å². The molecule has 0 radical (unpaired) electrons. The van der Waals surface area contributed by atoms with Gasteiger partial charge in [-0.15, -0.1) is 11.8 Å². The molecule has 0 atom stereocenters. The van der Waals surface area contributed by atoms with E-state index in [1.54, 1.807) is 11.8 Å². The van der Waals surface area contributed by atoms with E-state index >= 15 is 0 Å². The lowest BCUT2D eigenvalue weighted by atomic mass is 9.95. The molecule has 0 aliphatic heterocycles. The zero-order valence-electron chi connectivity index (χ0n) is 13.5. The maximum Gasteiger partial charge on any atom is 0.221 e. The SMILES string of the molecule is Cc1nc2ccccc2nc1SCCC(=O)NC1CCCCC1. The molecule has 3 rings (SSSR count). The van der Waals surface area contributed by atoms with Gasteiger partial charge in [0.2, 0.25) is 5.91 Å². The minimum absolute atomic E-state index is 0.163. The van der Waals surface area contributed by atoms with Gasteiger partial charge in [0.1, 0.15) is 5.03 Å². The van der Waals surface area contributed by atoms with Crippen molar-refractivity contribution in [3.05, 3.63) is 30.0 Å². The molecule has 23 heavy (non-hydrogen) atoms. The van der Waals surface area contributed by atoms with E-state index < -0.39 is 0 Å². The van der Waals surface area contributed by atoms with Crippen LogP contribution in [0.1, 0.15) is 44.2 Å². The summed E-state index contributed by atoms with van der Waals surface area (Å²) in [4.78, 5) is 21.3. The van der Waals surface area contributed by atoms with Crippen LogP contribution in [0.3, 0.4) is 0 Å². The number of aromatic nitrogens is 2. The third-order valence-electron chi connectivity index (χ3n) is 4.24. The highest BCUT2D eigenvalue weighted by Gasteiger charge is 2.15. The second kappa shape index (κ2) is 7.77. The topological polar surface area (TPSA) is 54.9 Å². The van der Waals surface area contributed by atoms with Gasteiger partial charge >= 0.3 is 0 Å². The Kier molecular flexibility index (Phi) is 5.49. The number of benzene rings is 1. The van der Waals surface area contributed by atoms with E-state index in [2.05, 4.69) is 15.3 Å². The van der Waals surface area contributed by atoms with E-state index in [-0.39, 0.29) is 5.91 Å². The summed E-state index contributed by atoms with van der Waals surface area (Å²) in [5.41, 5.74) is 2.76. The lowest BCUT2D eigenvalue weighted by Gasteiger charge is -2.22. The van der Waals surface area contributed by atoms with Gasteiger partial charge < -0.3 is 5.32 Å². The van der Waals surface area contributed by atoms with E-state index in [9.17, 15) is 4.79 Å². The molecule has 122 valence electrons. The van der Waals surface area contributed by atoms with Crippen molar-refractivity contribution in [2.75, 3.05) is 5.75 Å². The Balaban J connectivity index is 1.52. The number of nitrogens with one attached hydrogen (secondary N) is 1. The fraction of sp³-hybridized carbons (Fsp3) is 0.500. The molecular weight excluding hydrogens is 306 g/mol. The maximum absolute atomic E-state index is 12.0. The first-order chi connectivity index (χ1) is 11.2. The Morgan fingerprint density at radius 2 is 1.87 bits per heavy atom. The van der Waals surface area contributed by atoms with Crippen LogP contribution in [0.4, 0.5) is 0 Å². The largest absolute Gasteiger partial charge is 0.353 e. The molecule has 1 aromatic heterocycles. The van der Waals surface area contributed by atoms with E-state index in [1.807, 2.05) is 31.2 Å². The number of rotatable bonds is 5. The standard InChI is InChI=1S/C18H23N3OS/c1-13-18(21-16-10-6-5-9-15(16)19-13)23-12-11-17(22)20-14-7-3-2-4-8-14/h5-6,9-10,14H,2-4,7-8,11-12H2,1H3,(H,20,22). The molecule has 1 fully saturated rings. The molecule has 1 aliphatic rings. The van der Waals surface area contributed by atoms with Crippen LogP contribution in [0.25, 0.3) is 11.0 Å². The Morgan fingerprint density at radius 3 is 2.61 bits per heavy atom. The number of nitrogens with zero attached hydrogens (tertiary/aromatic N) is 2. The molecule has 1 heterocycles. The molecule has 1 aliphatic carbocycles. The second-order valence-corrected chi connectivity index (χ2v) is 7.19. The highest BCUT2D eigenvalue weighted by Crippen LogP contribution is 2.22. The van der Waals surface area contributed by atoms with Gasteiger partial charge in [0.15, 0.2) is 0 Å². The molecule has 0 saturated heterocycles. The number of fused-ring (bicyclic) bond motifs is 1. The van der Waals surface area contributed by atoms with Gasteiger partial charge in [-0.3, -0.25) is 4.79 Å². The first-order valence-corrected chi connectivity index (χ1v) is 9.36. The molecule has 1 amide bonds. The van der Waals surface area contributed by atoms with E-state index in [1.165, 1.54) is 19.3 Å². The molecule has 0 spiro atoms. The zero-order chi connectivity index (χ0) is 16.1. The number of thioether (sulfide) groups is 1. The molecule has 1 N–H and O–H groups in total. The monoisotopic (exact) mass is 329 g/mol. The van der Waals surface area contributed by atoms with Crippen LogP contribution >= 0.6 is 11.8 Å². The molecule has 0 unspecified atom stereocenters. The fourth-order valence-corrected chi connectivity index (χ4v) is 3.89. The van der Waals surface area contributed by atoms with Crippen molar-refractivity contribution in [2.24, 2.45) is 0 Å². The number of carbonyl (C=O) groups is 1. The normalized spacial score (nSPS) is 15.7. The number of amides is 1. The predicted molar refractivity (Wildman–Crippen MR) is 94.6 cm³/mol. The van der Waals surface area contributed by atoms with Gasteiger partial charge in [-0.2, -0.15) is 0 Å². The van der Waals surface area contributed by atoms with Gasteiger partial charge in [-0.05, 0) is 31.9 Å². The maximum atomic E-state index is 12.0. The van der Waals surface area contributed by atoms with Crippen molar-refractivity contribution in [3.8, 4) is 0 Å². The number of hydrogen-bond acceptors (Lipinski definition) is 4. The Morgan fingerprint density at radius 1 is 1.17 bits per heavy atom. The third-order valence-corrected chi connectivity index (χ3v) is 5.31. The number of aryl methyl sites for hydroxylation is 1. The first-order valence-electron chi connectivity index (χ1n) is 8.38. The summed E-state index contributed by atoms with van der Waals surface area (Å²) in [6.07, 6.45) is 6.59. The van der Waals surface area contributed by atoms with Gasteiger partial charge in [-0.25, -0.2) is 9.97 Å². The number of para-hydroxylation sites is 2. The summed E-state index contributed by atoms with van der Waals surface area (Å²) in [7, 11) is 0. The van der Waals surface area contributed by atoms with Gasteiger partial charge in [-0.1, -0.05) is 31.4 Å². The van der Waals surface area contributed by atoms with Crippen LogP contribution in [0.2, 0.25) is 0 Å². The van der Waals surface area contributed by atoms with Crippen molar-refractivity contribution in [1.29, 1.82) is 0 Å². The number of carbonyl (C=O) groups excluding carboxylic acids is 1. The van der Waals surface area contributed by atoms with Crippen LogP contribution in [0.5, 0.6) is 0 Å². The Hall–Kier alpha value is -1.62. The Labute approximate surface area is 141 Å². The van der Waals surface area contributed by atoms with Gasteiger partial charge in [0.05, 0.1) is 16.7 Å². The quantitative estimate of drug-likeness (QED) is 0.846. The van der Waals surface area contributed by atoms with Crippen molar-refractivity contribution < 1.29 is 4.79 Å². The molecule has 1 saturated carbocycles. The van der Waals surface area contributed by atoms with E-state index in [4.69, 9.17) is 0 Å². The lowest BCUT2D eigenvalue weighted by Crippen LogP contribution is -2.36. The summed E-state index contributed by atoms with van der Waals surface area (Å²) in [6.45, 7) is 1.98. The molecule has 1 aromatic carbocycles. The van der Waals surface area contributed by atoms with Gasteiger partial charge in [0, 0.05) is 18.2 Å². The van der Waals surface area contributed by atoms with E-state index in [0.717, 1.165) is 40.3 Å². The van der Waals surface area contributed by atoms with Crippen molar-refractivity contribution >= 4 is 28.7 Å². The predicted octanol–water partition coefficient (Wildman–Crippen LogP) is 3.87. The Bertz CT molecular complexity index is 683. The molecular formula is C18H23N3OS. The third kappa shape index (κ3) is 4.44. The highest BCUT2D eigenvalue weighted by atomic mass is 32.2. The summed E-state index contributed by atoms with van der Waals surface area (Å²) < 4.78 is 0. The lowest BCUT2D eigenvalue weighted by molar-refractivity contribution is -0.121. The van der Waals surface area contributed by atoms with Gasteiger partial charge in [0.25, 0.3) is 0 Å². The zero-order valence-corrected chi connectivity index (χ0v) is 14.4. The van der Waals surface area contributed by atoms with E-state index in [0.29, 0.717) is 12.5 Å². The molecule has 2 aromatic rings. The van der Waals surface area contributed by atoms with Crippen LogP contribution in [0, 0.1) is 6.92 Å². The summed E-state index contributed by atoms with van der Waals surface area (Å²) in [5, 5.41) is 4.09. The minimum atomic E-state index is 0.163. The second-order valence-electron chi connectivity index (χ2n) is 6.10.